The van der Waals surface area contributed by atoms with E-state index in [0.29, 0.717) is 24.3 Å². The van der Waals surface area contributed by atoms with E-state index in [1.807, 2.05) is 0 Å². The smallest absolute Gasteiger partial charge is 0.410 e. The zero-order valence-corrected chi connectivity index (χ0v) is 33.6. The summed E-state index contributed by atoms with van der Waals surface area (Å²) in [7, 11) is 2.17. The van der Waals surface area contributed by atoms with Crippen molar-refractivity contribution in [2.75, 3.05) is 59.4 Å². The second-order valence-corrected chi connectivity index (χ2v) is 20.5. The molecule has 6 unspecified atom stereocenters. The molecule has 13 atom stereocenters. The van der Waals surface area contributed by atoms with E-state index in [2.05, 4.69) is 70.6 Å². The molecule has 10 heteroatoms. The maximum Gasteiger partial charge on any atom is 0.410 e. The van der Waals surface area contributed by atoms with Crippen molar-refractivity contribution in [2.45, 2.75) is 137 Å². The lowest BCUT2D eigenvalue weighted by Gasteiger charge is -2.63. The lowest BCUT2D eigenvalue weighted by atomic mass is 9.41. The minimum absolute atomic E-state index is 0.0202. The fraction of sp³-hybridized carbons (Fsp3) is 0.952. The molecule has 0 aromatic rings. The number of hydrogen-bond acceptors (Lipinski definition) is 8. The number of piperazine rings is 1. The van der Waals surface area contributed by atoms with Crippen LogP contribution in [0.3, 0.4) is 0 Å². The van der Waals surface area contributed by atoms with Gasteiger partial charge in [-0.3, -0.25) is 4.90 Å². The number of alkyl carbamates (subject to hydrolysis) is 1. The van der Waals surface area contributed by atoms with Crippen LogP contribution in [0.25, 0.3) is 0 Å². The van der Waals surface area contributed by atoms with Crippen molar-refractivity contribution < 1.29 is 28.9 Å². The summed E-state index contributed by atoms with van der Waals surface area (Å²) in [5.74, 6) is 1.73. The van der Waals surface area contributed by atoms with E-state index in [1.165, 1.54) is 12.8 Å². The van der Waals surface area contributed by atoms with Crippen molar-refractivity contribution >= 4 is 12.2 Å². The van der Waals surface area contributed by atoms with Crippen molar-refractivity contribution in [1.82, 2.24) is 20.0 Å². The summed E-state index contributed by atoms with van der Waals surface area (Å²) in [6, 6.07) is 0. The van der Waals surface area contributed by atoms with Gasteiger partial charge in [-0.1, -0.05) is 48.5 Å². The molecule has 5 saturated carbocycles. The van der Waals surface area contributed by atoms with E-state index >= 15 is 0 Å². The Bertz CT molecular complexity index is 1380. The molecule has 8 rings (SSSR count). The molecular formula is C42H70N4O6. The van der Waals surface area contributed by atoms with Crippen molar-refractivity contribution in [1.29, 1.82) is 0 Å². The third kappa shape index (κ3) is 5.36. The van der Waals surface area contributed by atoms with E-state index in [0.717, 1.165) is 90.8 Å². The van der Waals surface area contributed by atoms with Crippen LogP contribution in [0, 0.1) is 56.7 Å². The minimum Gasteiger partial charge on any atom is -0.446 e. The average molecular weight is 727 g/mol. The molecule has 2 amide bonds. The number of rotatable bonds is 7. The number of likely N-dealkylation sites (N-methyl/N-ethyl adjacent to an activating group) is 1. The van der Waals surface area contributed by atoms with Gasteiger partial charge in [-0.05, 0) is 111 Å². The minimum atomic E-state index is -0.551. The number of likely N-dealkylation sites (tertiary alicyclic amines) is 1. The van der Waals surface area contributed by atoms with Crippen molar-refractivity contribution in [2.24, 2.45) is 56.7 Å². The predicted molar refractivity (Wildman–Crippen MR) is 200 cm³/mol. The van der Waals surface area contributed by atoms with Crippen LogP contribution in [0.4, 0.5) is 9.59 Å². The molecular weight excluding hydrogens is 656 g/mol. The van der Waals surface area contributed by atoms with Gasteiger partial charge >= 0.3 is 12.2 Å². The van der Waals surface area contributed by atoms with Crippen LogP contribution in [0.5, 0.6) is 0 Å². The van der Waals surface area contributed by atoms with Gasteiger partial charge in [-0.15, -0.1) is 0 Å². The number of carbonyl (C=O) groups is 2. The summed E-state index contributed by atoms with van der Waals surface area (Å²) in [6.45, 7) is 23.6. The highest BCUT2D eigenvalue weighted by molar-refractivity contribution is 5.68. The first-order chi connectivity index (χ1) is 24.6. The second kappa shape index (κ2) is 13.0. The summed E-state index contributed by atoms with van der Waals surface area (Å²) in [5, 5.41) is 15.8. The second-order valence-electron chi connectivity index (χ2n) is 20.5. The van der Waals surface area contributed by atoms with Gasteiger partial charge in [-0.25, -0.2) is 9.59 Å². The molecule has 0 bridgehead atoms. The number of nitrogens with zero attached hydrogens (tertiary/aromatic N) is 3. The van der Waals surface area contributed by atoms with Gasteiger partial charge in [-0.2, -0.15) is 0 Å². The van der Waals surface area contributed by atoms with Crippen LogP contribution < -0.4 is 5.32 Å². The largest absolute Gasteiger partial charge is 0.446 e. The summed E-state index contributed by atoms with van der Waals surface area (Å²) >= 11 is 0. The molecule has 3 saturated heterocycles. The third-order valence-corrected chi connectivity index (χ3v) is 17.7. The Hall–Kier alpha value is -1.62. The molecule has 2 spiro atoms. The maximum atomic E-state index is 13.1. The summed E-state index contributed by atoms with van der Waals surface area (Å²) in [4.78, 5) is 32.7. The number of ether oxygens (including phenoxy) is 3. The molecule has 3 heterocycles. The van der Waals surface area contributed by atoms with Crippen LogP contribution in [0.15, 0.2) is 0 Å². The molecule has 52 heavy (non-hydrogen) atoms. The zero-order chi connectivity index (χ0) is 37.0. The normalized spacial score (nSPS) is 47.2. The molecule has 0 aromatic heterocycles. The van der Waals surface area contributed by atoms with Crippen LogP contribution >= 0.6 is 0 Å². The van der Waals surface area contributed by atoms with Gasteiger partial charge in [0, 0.05) is 63.2 Å². The maximum absolute atomic E-state index is 13.1. The predicted octanol–water partition coefficient (Wildman–Crippen LogP) is 6.01. The van der Waals surface area contributed by atoms with Gasteiger partial charge in [0.05, 0.1) is 18.3 Å². The van der Waals surface area contributed by atoms with Crippen LogP contribution in [-0.4, -0.2) is 122 Å². The van der Waals surface area contributed by atoms with Crippen LogP contribution in [-0.2, 0) is 14.2 Å². The lowest BCUT2D eigenvalue weighted by Crippen LogP contribution is -2.60. The quantitative estimate of drug-likeness (QED) is 0.329. The first-order valence-electron chi connectivity index (χ1n) is 21.2. The van der Waals surface area contributed by atoms with Crippen molar-refractivity contribution in [3.63, 3.8) is 0 Å². The average Bonchev–Trinajstić information content (AvgIpc) is 3.69. The lowest BCUT2D eigenvalue weighted by molar-refractivity contribution is -0.185. The van der Waals surface area contributed by atoms with Gasteiger partial charge < -0.3 is 34.4 Å². The van der Waals surface area contributed by atoms with E-state index in [9.17, 15) is 14.7 Å². The topological polar surface area (TPSA) is 104 Å². The Labute approximate surface area is 313 Å². The number of amides is 2. The molecule has 8 fully saturated rings. The number of fused-ring (bicyclic) bond motifs is 4. The van der Waals surface area contributed by atoms with E-state index < -0.39 is 6.10 Å². The molecule has 10 nitrogen and oxygen atoms in total. The van der Waals surface area contributed by atoms with Crippen LogP contribution in [0.1, 0.15) is 106 Å². The first kappa shape index (κ1) is 37.3. The number of carbonyl (C=O) groups excluding carboxylic acids is 2. The van der Waals surface area contributed by atoms with E-state index in [-0.39, 0.29) is 75.5 Å². The van der Waals surface area contributed by atoms with Gasteiger partial charge in [0.1, 0.15) is 12.2 Å². The summed E-state index contributed by atoms with van der Waals surface area (Å²) in [5.41, 5.74) is 0.129. The van der Waals surface area contributed by atoms with Gasteiger partial charge in [0.2, 0.25) is 0 Å². The molecule has 8 aliphatic rings. The monoisotopic (exact) mass is 727 g/mol. The molecule has 2 N–H and O–H groups in total. The Morgan fingerprint density at radius 1 is 0.942 bits per heavy atom. The van der Waals surface area contributed by atoms with Gasteiger partial charge in [0.25, 0.3) is 0 Å². The highest BCUT2D eigenvalue weighted by Gasteiger charge is 2.84. The molecule has 294 valence electrons. The fourth-order valence-electron chi connectivity index (χ4n) is 14.6. The van der Waals surface area contributed by atoms with Crippen LogP contribution in [0.2, 0.25) is 0 Å². The molecule has 0 radical (unpaired) electrons. The zero-order valence-electron chi connectivity index (χ0n) is 33.6. The molecule has 5 aliphatic carbocycles. The Morgan fingerprint density at radius 3 is 2.31 bits per heavy atom. The highest BCUT2D eigenvalue weighted by atomic mass is 16.6. The Kier molecular flexibility index (Phi) is 9.31. The van der Waals surface area contributed by atoms with E-state index in [4.69, 9.17) is 14.2 Å². The van der Waals surface area contributed by atoms with Crippen molar-refractivity contribution in [3.05, 3.63) is 0 Å². The number of hydrogen-bond donors (Lipinski definition) is 2. The SMILES string of the molecule is CC(C)[C@@H](OC(=O)N1CCC1)C1C[C@@H](C)C2C(O1)[C@H](O)[C@@]1(C)C3CC[C@H]4C(C)(C)[C@@H](OC(=O)NCCN5CCN(C)CC5)CCC45CC35CC[C@]21C. The van der Waals surface area contributed by atoms with Gasteiger partial charge in [0.15, 0.2) is 0 Å². The van der Waals surface area contributed by atoms with Crippen molar-refractivity contribution in [3.8, 4) is 0 Å². The Balaban J connectivity index is 0.956. The summed E-state index contributed by atoms with van der Waals surface area (Å²) in [6.07, 6.45) is 7.87. The molecule has 3 aliphatic heterocycles. The highest BCUT2D eigenvalue weighted by Crippen LogP contribution is 2.89. The van der Waals surface area contributed by atoms with E-state index in [1.54, 1.807) is 4.90 Å². The Morgan fingerprint density at radius 2 is 1.63 bits per heavy atom. The first-order valence-corrected chi connectivity index (χ1v) is 21.2. The number of aliphatic hydroxyl groups is 1. The number of aliphatic hydroxyl groups excluding tert-OH is 1. The fourth-order valence-corrected chi connectivity index (χ4v) is 14.6. The summed E-state index contributed by atoms with van der Waals surface area (Å²) < 4.78 is 19.5. The third-order valence-electron chi connectivity index (χ3n) is 17.7. The molecule has 0 aromatic carbocycles. The number of nitrogens with one attached hydrogen (secondary N) is 1. The standard InChI is InChI=1S/C42H70N4O6/c1-26(2)33(52-37(49)46-17-9-18-46)28-24-27(3)32-34(50-28)35(47)40(7)30-11-10-29-38(4,5)31(12-13-41(29)25-42(30,41)15-14-39(32,40)6)51-36(48)43-16-19-45-22-20-44(8)21-23-45/h26-35,47H,9-25H2,1-8H3,(H,43,48)/t27-,28?,29+,30?,31+,32?,33-,34?,35+,39-,40-,41?,42?/m1/s1.